The molecule has 1 fully saturated rings. The Kier molecular flexibility index (Phi) is 8.59. The lowest BCUT2D eigenvalue weighted by Crippen LogP contribution is -2.33. The van der Waals surface area contributed by atoms with Gasteiger partial charge in [-0.05, 0) is 52.4 Å². The Bertz CT molecular complexity index is 1050. The van der Waals surface area contributed by atoms with Gasteiger partial charge < -0.3 is 24.4 Å². The van der Waals surface area contributed by atoms with E-state index in [2.05, 4.69) is 12.1 Å². The van der Waals surface area contributed by atoms with E-state index in [0.717, 1.165) is 35.7 Å². The van der Waals surface area contributed by atoms with Crippen LogP contribution < -0.4 is 4.74 Å². The number of rotatable bonds is 5. The molecule has 3 atom stereocenters. The molecule has 0 aromatic heterocycles. The fraction of sp³-hybridized carbons (Fsp3) is 0.357. The molecule has 2 heterocycles. The first-order chi connectivity index (χ1) is 16.6. The Morgan fingerprint density at radius 3 is 2.32 bits per heavy atom. The molecule has 2 aliphatic heterocycles. The summed E-state index contributed by atoms with van der Waals surface area (Å²) in [7, 11) is 1.65. The summed E-state index contributed by atoms with van der Waals surface area (Å²) < 4.78 is 16.3. The highest BCUT2D eigenvalue weighted by molar-refractivity contribution is 6.31. The van der Waals surface area contributed by atoms with E-state index in [1.165, 1.54) is 11.1 Å². The largest absolute Gasteiger partial charge is 0.497 e. The Morgan fingerprint density at radius 1 is 0.971 bits per heavy atom. The molecule has 34 heavy (non-hydrogen) atoms. The van der Waals surface area contributed by atoms with Crippen molar-refractivity contribution in [2.24, 2.45) is 0 Å². The monoisotopic (exact) mass is 482 g/mol. The van der Waals surface area contributed by atoms with Crippen LogP contribution >= 0.6 is 11.6 Å². The van der Waals surface area contributed by atoms with Crippen LogP contribution in [0.1, 0.15) is 46.8 Å². The third-order valence-electron chi connectivity index (χ3n) is 6.21. The second kappa shape index (κ2) is 11.8. The molecule has 2 aliphatic rings. The zero-order chi connectivity index (χ0) is 23.9. The maximum Gasteiger partial charge on any atom is 0.118 e. The Balaban J connectivity index is 0.000000252. The normalized spacial score (nSPS) is 21.4. The molecule has 3 aromatic carbocycles. The molecule has 180 valence electrons. The number of aliphatic hydroxyl groups is 2. The zero-order valence-electron chi connectivity index (χ0n) is 19.3. The van der Waals surface area contributed by atoms with E-state index in [4.69, 9.17) is 25.8 Å². The fourth-order valence-corrected chi connectivity index (χ4v) is 4.51. The Morgan fingerprint density at radius 2 is 1.68 bits per heavy atom. The van der Waals surface area contributed by atoms with Crippen molar-refractivity contribution in [3.05, 3.63) is 99.6 Å². The molecular formula is C28H31ClO5. The van der Waals surface area contributed by atoms with Crippen molar-refractivity contribution < 1.29 is 24.4 Å². The molecule has 0 radical (unpaired) electrons. The van der Waals surface area contributed by atoms with Crippen LogP contribution in [0.5, 0.6) is 5.75 Å². The molecule has 0 spiro atoms. The summed E-state index contributed by atoms with van der Waals surface area (Å²) >= 11 is 6.37. The highest BCUT2D eigenvalue weighted by Crippen LogP contribution is 2.33. The van der Waals surface area contributed by atoms with Gasteiger partial charge in [0.05, 0.1) is 45.2 Å². The Hall–Kier alpha value is -2.41. The maximum absolute atomic E-state index is 10.0. The average Bonchev–Trinajstić information content (AvgIpc) is 3.35. The van der Waals surface area contributed by atoms with Crippen molar-refractivity contribution in [2.45, 2.75) is 50.8 Å². The van der Waals surface area contributed by atoms with Gasteiger partial charge in [-0.1, -0.05) is 60.1 Å². The van der Waals surface area contributed by atoms with Crippen LogP contribution in [0.4, 0.5) is 0 Å². The zero-order valence-corrected chi connectivity index (χ0v) is 20.1. The molecule has 0 aliphatic carbocycles. The van der Waals surface area contributed by atoms with Gasteiger partial charge in [0, 0.05) is 17.9 Å². The average molecular weight is 483 g/mol. The lowest BCUT2D eigenvalue weighted by Gasteiger charge is -2.32. The van der Waals surface area contributed by atoms with Crippen LogP contribution in [-0.4, -0.2) is 36.1 Å². The minimum atomic E-state index is -0.461. The summed E-state index contributed by atoms with van der Waals surface area (Å²) in [6, 6.07) is 22.1. The van der Waals surface area contributed by atoms with Gasteiger partial charge in [-0.15, -0.1) is 0 Å². The highest BCUT2D eigenvalue weighted by atomic mass is 35.5. The van der Waals surface area contributed by atoms with E-state index in [1.807, 2.05) is 54.6 Å². The number of hydrogen-bond acceptors (Lipinski definition) is 5. The smallest absolute Gasteiger partial charge is 0.118 e. The lowest BCUT2D eigenvalue weighted by molar-refractivity contribution is -0.113. The summed E-state index contributed by atoms with van der Waals surface area (Å²) in [6.45, 7) is 1.52. The van der Waals surface area contributed by atoms with E-state index in [-0.39, 0.29) is 18.8 Å². The van der Waals surface area contributed by atoms with Crippen molar-refractivity contribution in [3.8, 4) is 5.75 Å². The number of aliphatic hydroxyl groups excluding tert-OH is 2. The lowest BCUT2D eigenvalue weighted by atomic mass is 9.94. The van der Waals surface area contributed by atoms with Crippen LogP contribution in [0.3, 0.4) is 0 Å². The number of halogens is 1. The van der Waals surface area contributed by atoms with Gasteiger partial charge in [0.25, 0.3) is 0 Å². The van der Waals surface area contributed by atoms with Gasteiger partial charge in [0.1, 0.15) is 5.75 Å². The maximum atomic E-state index is 10.0. The first kappa shape index (κ1) is 24.7. The van der Waals surface area contributed by atoms with Gasteiger partial charge in [-0.25, -0.2) is 0 Å². The van der Waals surface area contributed by atoms with Crippen molar-refractivity contribution in [1.29, 1.82) is 0 Å². The SMILES string of the molecule is COc1ccc(Cc2cc(C3CC(O)CC(CO)O3)ccc2Cl)cc1.c1ccc2c(c1)COC2. The molecule has 5 nitrogen and oxygen atoms in total. The molecule has 3 unspecified atom stereocenters. The summed E-state index contributed by atoms with van der Waals surface area (Å²) in [5.74, 6) is 0.822. The van der Waals surface area contributed by atoms with Gasteiger partial charge >= 0.3 is 0 Å². The third kappa shape index (κ3) is 6.38. The minimum Gasteiger partial charge on any atom is -0.497 e. The van der Waals surface area contributed by atoms with E-state index in [0.29, 0.717) is 24.3 Å². The van der Waals surface area contributed by atoms with E-state index in [1.54, 1.807) is 7.11 Å². The molecule has 5 rings (SSSR count). The van der Waals surface area contributed by atoms with Crippen LogP contribution in [-0.2, 0) is 29.1 Å². The Labute approximate surface area is 205 Å². The first-order valence-electron chi connectivity index (χ1n) is 11.6. The molecule has 6 heteroatoms. The predicted molar refractivity (Wildman–Crippen MR) is 132 cm³/mol. The number of fused-ring (bicyclic) bond motifs is 1. The topological polar surface area (TPSA) is 68.2 Å². The summed E-state index contributed by atoms with van der Waals surface area (Å²) in [5.41, 5.74) is 5.81. The van der Waals surface area contributed by atoms with E-state index < -0.39 is 6.10 Å². The minimum absolute atomic E-state index is 0.0835. The second-order valence-electron chi connectivity index (χ2n) is 8.69. The molecule has 0 amide bonds. The summed E-state index contributed by atoms with van der Waals surface area (Å²) in [6.07, 6.45) is 0.688. The molecule has 3 aromatic rings. The number of ether oxygens (including phenoxy) is 3. The molecular weight excluding hydrogens is 452 g/mol. The van der Waals surface area contributed by atoms with Crippen LogP contribution in [0, 0.1) is 0 Å². The number of methoxy groups -OCH3 is 1. The second-order valence-corrected chi connectivity index (χ2v) is 9.10. The standard InChI is InChI=1S/C20H23ClO4.C8H8O/c1-24-17-5-2-13(3-6-17)8-15-9-14(4-7-19(15)21)20-11-16(23)10-18(12-22)25-20;1-2-4-8-6-9-5-7(8)3-1/h2-7,9,16,18,20,22-23H,8,10-12H2,1H3;1-4H,5-6H2. The highest BCUT2D eigenvalue weighted by Gasteiger charge is 2.29. The number of hydrogen-bond donors (Lipinski definition) is 2. The quantitative estimate of drug-likeness (QED) is 0.521. The van der Waals surface area contributed by atoms with Crippen molar-refractivity contribution in [2.75, 3.05) is 13.7 Å². The van der Waals surface area contributed by atoms with Gasteiger partial charge in [0.2, 0.25) is 0 Å². The van der Waals surface area contributed by atoms with Crippen molar-refractivity contribution >= 4 is 11.6 Å². The molecule has 2 N–H and O–H groups in total. The van der Waals surface area contributed by atoms with E-state index in [9.17, 15) is 10.2 Å². The van der Waals surface area contributed by atoms with Gasteiger partial charge in [-0.3, -0.25) is 0 Å². The van der Waals surface area contributed by atoms with Gasteiger partial charge in [-0.2, -0.15) is 0 Å². The van der Waals surface area contributed by atoms with Crippen molar-refractivity contribution in [3.63, 3.8) is 0 Å². The van der Waals surface area contributed by atoms with E-state index >= 15 is 0 Å². The van der Waals surface area contributed by atoms with Gasteiger partial charge in [0.15, 0.2) is 0 Å². The number of benzene rings is 3. The molecule has 1 saturated heterocycles. The fourth-order valence-electron chi connectivity index (χ4n) is 4.33. The van der Waals surface area contributed by atoms with Crippen LogP contribution in [0.25, 0.3) is 0 Å². The van der Waals surface area contributed by atoms with Crippen LogP contribution in [0.2, 0.25) is 5.02 Å². The summed E-state index contributed by atoms with van der Waals surface area (Å²) in [5, 5.41) is 20.1. The molecule has 0 bridgehead atoms. The summed E-state index contributed by atoms with van der Waals surface area (Å²) in [4.78, 5) is 0. The first-order valence-corrected chi connectivity index (χ1v) is 11.9. The molecule has 0 saturated carbocycles. The van der Waals surface area contributed by atoms with Crippen molar-refractivity contribution in [1.82, 2.24) is 0 Å². The predicted octanol–water partition coefficient (Wildman–Crippen LogP) is 5.23. The third-order valence-corrected chi connectivity index (χ3v) is 6.58. The van der Waals surface area contributed by atoms with Crippen LogP contribution in [0.15, 0.2) is 66.7 Å².